The Balaban J connectivity index is 1.66. The molecule has 6 heteroatoms. The topological polar surface area (TPSA) is 76.1 Å². The number of rotatable bonds is 4. The molecule has 1 amide bonds. The molecule has 23 heavy (non-hydrogen) atoms. The van der Waals surface area contributed by atoms with Gasteiger partial charge in [-0.25, -0.2) is 4.79 Å². The molecule has 118 valence electrons. The SMILES string of the molecule is CCc1cccc(CNC(=O)On2[nH]c3ccccc3c2=O)c1. The number of H-pyrrole nitrogens is 1. The Morgan fingerprint density at radius 3 is 2.74 bits per heavy atom. The minimum Gasteiger partial charge on any atom is -0.316 e. The number of nitrogens with one attached hydrogen (secondary N) is 2. The zero-order valence-electron chi connectivity index (χ0n) is 12.7. The van der Waals surface area contributed by atoms with Crippen molar-refractivity contribution in [2.75, 3.05) is 0 Å². The molecule has 0 atom stereocenters. The number of aromatic nitrogens is 2. The van der Waals surface area contributed by atoms with E-state index in [-0.39, 0.29) is 0 Å². The fourth-order valence-electron chi connectivity index (χ4n) is 2.35. The van der Waals surface area contributed by atoms with Crippen molar-refractivity contribution in [2.24, 2.45) is 0 Å². The Morgan fingerprint density at radius 1 is 1.17 bits per heavy atom. The first-order valence-electron chi connectivity index (χ1n) is 7.41. The molecule has 0 saturated heterocycles. The lowest BCUT2D eigenvalue weighted by molar-refractivity contribution is 0.112. The molecule has 0 unspecified atom stereocenters. The Bertz CT molecular complexity index is 895. The van der Waals surface area contributed by atoms with Crippen LogP contribution in [0.5, 0.6) is 0 Å². The molecule has 0 radical (unpaired) electrons. The zero-order valence-corrected chi connectivity index (χ0v) is 12.7. The van der Waals surface area contributed by atoms with Crippen LogP contribution in [-0.4, -0.2) is 16.0 Å². The van der Waals surface area contributed by atoms with Gasteiger partial charge >= 0.3 is 11.7 Å². The van der Waals surface area contributed by atoms with Crippen LogP contribution in [0.1, 0.15) is 18.1 Å². The van der Waals surface area contributed by atoms with E-state index in [1.54, 1.807) is 24.3 Å². The van der Waals surface area contributed by atoms with E-state index < -0.39 is 11.7 Å². The van der Waals surface area contributed by atoms with Gasteiger partial charge in [0.05, 0.1) is 10.9 Å². The molecule has 6 nitrogen and oxygen atoms in total. The van der Waals surface area contributed by atoms with Crippen molar-refractivity contribution in [1.82, 2.24) is 15.3 Å². The van der Waals surface area contributed by atoms with Crippen LogP contribution in [0.25, 0.3) is 10.9 Å². The minimum atomic E-state index is -0.694. The third-order valence-electron chi connectivity index (χ3n) is 3.57. The minimum absolute atomic E-state index is 0.335. The number of nitrogens with zero attached hydrogens (tertiary/aromatic N) is 1. The van der Waals surface area contributed by atoms with Gasteiger partial charge in [0, 0.05) is 6.54 Å². The number of fused-ring (bicyclic) bond motifs is 1. The van der Waals surface area contributed by atoms with Crippen molar-refractivity contribution in [1.29, 1.82) is 0 Å². The standard InChI is InChI=1S/C17H17N3O3/c1-2-12-6-5-7-13(10-12)11-18-17(22)23-20-16(21)14-8-3-4-9-15(14)19-20/h3-10,19H,2,11H2,1H3,(H,18,22). The Hall–Kier alpha value is -3.02. The maximum atomic E-state index is 12.0. The summed E-state index contributed by atoms with van der Waals surface area (Å²) >= 11 is 0. The molecule has 0 spiro atoms. The van der Waals surface area contributed by atoms with Crippen molar-refractivity contribution in [3.63, 3.8) is 0 Å². The van der Waals surface area contributed by atoms with Gasteiger partial charge in [-0.2, -0.15) is 0 Å². The number of amides is 1. The largest absolute Gasteiger partial charge is 0.433 e. The van der Waals surface area contributed by atoms with Crippen LogP contribution < -0.4 is 15.7 Å². The average molecular weight is 311 g/mol. The Labute approximate surface area is 132 Å². The average Bonchev–Trinajstić information content (AvgIpc) is 2.89. The molecule has 0 bridgehead atoms. The van der Waals surface area contributed by atoms with E-state index in [0.29, 0.717) is 17.4 Å². The number of para-hydroxylation sites is 1. The normalized spacial score (nSPS) is 10.7. The summed E-state index contributed by atoms with van der Waals surface area (Å²) in [5.41, 5.74) is 2.39. The molecule has 0 aliphatic heterocycles. The number of hydrogen-bond donors (Lipinski definition) is 2. The van der Waals surface area contributed by atoms with Crippen LogP contribution in [-0.2, 0) is 13.0 Å². The summed E-state index contributed by atoms with van der Waals surface area (Å²) < 4.78 is 0. The third kappa shape index (κ3) is 3.26. The molecule has 0 saturated carbocycles. The zero-order chi connectivity index (χ0) is 16.2. The predicted octanol–water partition coefficient (Wildman–Crippen LogP) is 2.23. The van der Waals surface area contributed by atoms with E-state index in [9.17, 15) is 9.59 Å². The summed E-state index contributed by atoms with van der Waals surface area (Å²) in [6.07, 6.45) is 0.239. The second-order valence-electron chi connectivity index (χ2n) is 5.16. The van der Waals surface area contributed by atoms with Crippen LogP contribution in [0.3, 0.4) is 0 Å². The Kier molecular flexibility index (Phi) is 4.14. The van der Waals surface area contributed by atoms with E-state index >= 15 is 0 Å². The summed E-state index contributed by atoms with van der Waals surface area (Å²) in [4.78, 5) is 29.7. The Morgan fingerprint density at radius 2 is 1.96 bits per heavy atom. The van der Waals surface area contributed by atoms with Gasteiger partial charge in [-0.3, -0.25) is 14.7 Å². The summed E-state index contributed by atoms with van der Waals surface area (Å²) in [6.45, 7) is 2.41. The van der Waals surface area contributed by atoms with E-state index in [0.717, 1.165) is 16.8 Å². The second-order valence-corrected chi connectivity index (χ2v) is 5.16. The quantitative estimate of drug-likeness (QED) is 0.776. The van der Waals surface area contributed by atoms with Crippen molar-refractivity contribution < 1.29 is 9.63 Å². The molecular formula is C17H17N3O3. The highest BCUT2D eigenvalue weighted by atomic mass is 16.7. The van der Waals surface area contributed by atoms with E-state index in [1.807, 2.05) is 24.3 Å². The van der Waals surface area contributed by atoms with Gasteiger partial charge in [0.15, 0.2) is 0 Å². The highest BCUT2D eigenvalue weighted by molar-refractivity contribution is 5.77. The van der Waals surface area contributed by atoms with Crippen molar-refractivity contribution in [3.8, 4) is 0 Å². The third-order valence-corrected chi connectivity index (χ3v) is 3.57. The second kappa shape index (κ2) is 6.39. The van der Waals surface area contributed by atoms with Crippen molar-refractivity contribution in [2.45, 2.75) is 19.9 Å². The van der Waals surface area contributed by atoms with Crippen LogP contribution in [0.2, 0.25) is 0 Å². The van der Waals surface area contributed by atoms with Gasteiger partial charge in [-0.1, -0.05) is 48.2 Å². The van der Waals surface area contributed by atoms with E-state index in [4.69, 9.17) is 4.84 Å². The van der Waals surface area contributed by atoms with Crippen LogP contribution >= 0.6 is 0 Å². The maximum absolute atomic E-state index is 12.0. The molecule has 2 aromatic carbocycles. The van der Waals surface area contributed by atoms with Crippen LogP contribution in [0.4, 0.5) is 4.79 Å². The van der Waals surface area contributed by atoms with E-state index in [1.165, 1.54) is 5.56 Å². The maximum Gasteiger partial charge on any atom is 0.433 e. The highest BCUT2D eigenvalue weighted by Gasteiger charge is 2.10. The fraction of sp³-hybridized carbons (Fsp3) is 0.176. The predicted molar refractivity (Wildman–Crippen MR) is 87.2 cm³/mol. The lowest BCUT2D eigenvalue weighted by atomic mass is 10.1. The molecular weight excluding hydrogens is 294 g/mol. The summed E-state index contributed by atoms with van der Waals surface area (Å²) in [5, 5.41) is 5.83. The number of carbonyl (C=O) groups is 1. The van der Waals surface area contributed by atoms with Gasteiger partial charge < -0.3 is 5.32 Å². The summed E-state index contributed by atoms with van der Waals surface area (Å²) in [5.74, 6) is 0. The first-order chi connectivity index (χ1) is 11.2. The van der Waals surface area contributed by atoms with E-state index in [2.05, 4.69) is 17.3 Å². The molecule has 0 aliphatic carbocycles. The summed E-state index contributed by atoms with van der Waals surface area (Å²) in [6, 6.07) is 14.9. The number of carbonyl (C=O) groups excluding carboxylic acids is 1. The van der Waals surface area contributed by atoms with Crippen LogP contribution in [0, 0.1) is 0 Å². The number of hydrogen-bond acceptors (Lipinski definition) is 3. The number of aryl methyl sites for hydroxylation is 1. The molecule has 1 heterocycles. The van der Waals surface area contributed by atoms with Gasteiger partial charge in [0.1, 0.15) is 0 Å². The van der Waals surface area contributed by atoms with Gasteiger partial charge in [-0.15, -0.1) is 0 Å². The van der Waals surface area contributed by atoms with Crippen molar-refractivity contribution in [3.05, 3.63) is 70.0 Å². The molecule has 3 rings (SSSR count). The van der Waals surface area contributed by atoms with Gasteiger partial charge in [0.25, 0.3) is 0 Å². The monoisotopic (exact) mass is 311 g/mol. The number of aromatic amines is 1. The smallest absolute Gasteiger partial charge is 0.316 e. The van der Waals surface area contributed by atoms with Gasteiger partial charge in [0.2, 0.25) is 0 Å². The summed E-state index contributed by atoms with van der Waals surface area (Å²) in [7, 11) is 0. The lowest BCUT2D eigenvalue weighted by Crippen LogP contribution is -2.36. The van der Waals surface area contributed by atoms with Crippen LogP contribution in [0.15, 0.2) is 53.3 Å². The van der Waals surface area contributed by atoms with Crippen molar-refractivity contribution >= 4 is 17.0 Å². The molecule has 0 fully saturated rings. The first-order valence-corrected chi connectivity index (χ1v) is 7.41. The molecule has 3 aromatic rings. The number of benzene rings is 2. The fourth-order valence-corrected chi connectivity index (χ4v) is 2.35. The molecule has 2 N–H and O–H groups in total. The van der Waals surface area contributed by atoms with Gasteiger partial charge in [-0.05, 0) is 29.7 Å². The molecule has 1 aromatic heterocycles. The first kappa shape index (κ1) is 14.9. The highest BCUT2D eigenvalue weighted by Crippen LogP contribution is 2.06. The molecule has 0 aliphatic rings. The lowest BCUT2D eigenvalue weighted by Gasteiger charge is -2.06.